The molecule has 6 heteroatoms. The molecule has 1 amide bonds. The van der Waals surface area contributed by atoms with Crippen molar-refractivity contribution in [2.75, 3.05) is 6.54 Å². The Kier molecular flexibility index (Phi) is 3.63. The van der Waals surface area contributed by atoms with Crippen LogP contribution in [-0.2, 0) is 4.79 Å². The Balaban J connectivity index is 1.59. The summed E-state index contributed by atoms with van der Waals surface area (Å²) in [5.41, 5.74) is 1.10. The molecule has 1 saturated heterocycles. The van der Waals surface area contributed by atoms with E-state index in [1.165, 1.54) is 12.1 Å². The number of likely N-dealkylation sites (tertiary alicyclic amines) is 1. The number of nitro benzene ring substituents is 1. The lowest BCUT2D eigenvalue weighted by molar-refractivity contribution is -0.384. The highest BCUT2D eigenvalue weighted by Gasteiger charge is 2.39. The van der Waals surface area contributed by atoms with Crippen molar-refractivity contribution < 1.29 is 9.72 Å². The molecule has 21 heavy (non-hydrogen) atoms. The van der Waals surface area contributed by atoms with Crippen molar-refractivity contribution in [3.05, 3.63) is 39.9 Å². The summed E-state index contributed by atoms with van der Waals surface area (Å²) in [6.07, 6.45) is 2.82. The van der Waals surface area contributed by atoms with Gasteiger partial charge >= 0.3 is 0 Å². The number of hydrogen-bond donors (Lipinski definition) is 1. The van der Waals surface area contributed by atoms with E-state index in [0.29, 0.717) is 12.5 Å². The topological polar surface area (TPSA) is 75.5 Å². The first-order chi connectivity index (χ1) is 10.0. The van der Waals surface area contributed by atoms with E-state index in [4.69, 9.17) is 0 Å². The van der Waals surface area contributed by atoms with Gasteiger partial charge in [0.25, 0.3) is 5.69 Å². The molecule has 112 valence electrons. The van der Waals surface area contributed by atoms with Gasteiger partial charge in [-0.25, -0.2) is 0 Å². The van der Waals surface area contributed by atoms with Crippen molar-refractivity contribution in [1.82, 2.24) is 10.2 Å². The molecular weight excluding hydrogens is 270 g/mol. The van der Waals surface area contributed by atoms with Gasteiger partial charge in [-0.1, -0.05) is 12.1 Å². The van der Waals surface area contributed by atoms with E-state index in [0.717, 1.165) is 24.9 Å². The van der Waals surface area contributed by atoms with Crippen LogP contribution in [0.4, 0.5) is 5.69 Å². The molecule has 0 bridgehead atoms. The van der Waals surface area contributed by atoms with Crippen LogP contribution in [0.1, 0.15) is 37.8 Å². The molecule has 1 N–H and O–H groups in total. The van der Waals surface area contributed by atoms with Crippen molar-refractivity contribution in [3.63, 3.8) is 0 Å². The Bertz CT molecular complexity index is 554. The molecular formula is C15H19N3O3. The number of nitrogens with zero attached hydrogens (tertiary/aromatic N) is 2. The number of benzene rings is 1. The fourth-order valence-corrected chi connectivity index (χ4v) is 2.92. The second kappa shape index (κ2) is 5.44. The van der Waals surface area contributed by atoms with Crippen molar-refractivity contribution in [1.29, 1.82) is 0 Å². The van der Waals surface area contributed by atoms with E-state index in [1.807, 2.05) is 11.8 Å². The van der Waals surface area contributed by atoms with Crippen LogP contribution in [0, 0.1) is 10.1 Å². The lowest BCUT2D eigenvalue weighted by Gasteiger charge is -2.20. The molecule has 0 aromatic heterocycles. The lowest BCUT2D eigenvalue weighted by atomic mass is 10.1. The van der Waals surface area contributed by atoms with Gasteiger partial charge in [0.1, 0.15) is 0 Å². The van der Waals surface area contributed by atoms with Crippen LogP contribution >= 0.6 is 0 Å². The van der Waals surface area contributed by atoms with Crippen molar-refractivity contribution in [2.45, 2.75) is 44.3 Å². The first-order valence-corrected chi connectivity index (χ1v) is 7.34. The lowest BCUT2D eigenvalue weighted by Crippen LogP contribution is -2.35. The number of hydrogen-bond acceptors (Lipinski definition) is 4. The summed E-state index contributed by atoms with van der Waals surface area (Å²) in [5, 5.41) is 14.1. The molecule has 1 saturated carbocycles. The number of nitrogens with one attached hydrogen (secondary N) is 1. The van der Waals surface area contributed by atoms with Gasteiger partial charge in [0.2, 0.25) is 5.91 Å². The third-order valence-corrected chi connectivity index (χ3v) is 4.24. The summed E-state index contributed by atoms with van der Waals surface area (Å²) < 4.78 is 0. The van der Waals surface area contributed by atoms with Gasteiger partial charge in [0, 0.05) is 43.2 Å². The van der Waals surface area contributed by atoms with Crippen LogP contribution in [-0.4, -0.2) is 34.4 Å². The fraction of sp³-hybridized carbons (Fsp3) is 0.533. The van der Waals surface area contributed by atoms with E-state index in [1.54, 1.807) is 12.1 Å². The van der Waals surface area contributed by atoms with Crippen LogP contribution in [0.3, 0.4) is 0 Å². The minimum atomic E-state index is -0.398. The highest BCUT2D eigenvalue weighted by Crippen LogP contribution is 2.31. The zero-order valence-electron chi connectivity index (χ0n) is 12.0. The maximum atomic E-state index is 11.9. The van der Waals surface area contributed by atoms with Crippen LogP contribution in [0.5, 0.6) is 0 Å². The van der Waals surface area contributed by atoms with E-state index >= 15 is 0 Å². The number of rotatable bonds is 5. The molecule has 1 aromatic rings. The summed E-state index contributed by atoms with van der Waals surface area (Å²) in [5.74, 6) is 0.242. The van der Waals surface area contributed by atoms with Gasteiger partial charge in [-0.05, 0) is 25.3 Å². The van der Waals surface area contributed by atoms with Gasteiger partial charge in [-0.2, -0.15) is 0 Å². The largest absolute Gasteiger partial charge is 0.338 e. The summed E-state index contributed by atoms with van der Waals surface area (Å²) in [6, 6.07) is 7.29. The number of non-ortho nitro benzene ring substituents is 1. The average molecular weight is 289 g/mol. The molecule has 1 heterocycles. The molecule has 2 fully saturated rings. The summed E-state index contributed by atoms with van der Waals surface area (Å²) in [6.45, 7) is 2.80. The van der Waals surface area contributed by atoms with E-state index < -0.39 is 4.92 Å². The Hall–Kier alpha value is -1.95. The second-order valence-electron chi connectivity index (χ2n) is 5.92. The zero-order chi connectivity index (χ0) is 15.0. The molecule has 3 rings (SSSR count). The molecule has 0 unspecified atom stereocenters. The number of amides is 1. The van der Waals surface area contributed by atoms with Gasteiger partial charge in [0.05, 0.1) is 4.92 Å². The standard InChI is InChI=1S/C15H19N3O3/c1-10(11-2-4-14(5-3-11)18(20)21)16-12-8-15(19)17(9-12)13-6-7-13/h2-5,10,12-13,16H,6-9H2,1H3/t10-,12-/m0/s1. The smallest absolute Gasteiger partial charge is 0.269 e. The van der Waals surface area contributed by atoms with Crippen LogP contribution in [0.25, 0.3) is 0 Å². The molecule has 6 nitrogen and oxygen atoms in total. The molecule has 1 aromatic carbocycles. The SMILES string of the molecule is C[C@H](N[C@H]1CC(=O)N(C2CC2)C1)c1ccc([N+](=O)[O-])cc1. The maximum absolute atomic E-state index is 11.9. The summed E-state index contributed by atoms with van der Waals surface area (Å²) >= 11 is 0. The van der Waals surface area contributed by atoms with Gasteiger partial charge in [-0.3, -0.25) is 14.9 Å². The maximum Gasteiger partial charge on any atom is 0.269 e. The summed E-state index contributed by atoms with van der Waals surface area (Å²) in [4.78, 5) is 24.2. The van der Waals surface area contributed by atoms with E-state index in [9.17, 15) is 14.9 Å². The number of nitro groups is 1. The minimum Gasteiger partial charge on any atom is -0.338 e. The monoisotopic (exact) mass is 289 g/mol. The van der Waals surface area contributed by atoms with Crippen LogP contribution in [0.2, 0.25) is 0 Å². The molecule has 1 aliphatic heterocycles. The number of carbonyl (C=O) groups excluding carboxylic acids is 1. The number of carbonyl (C=O) groups is 1. The third-order valence-electron chi connectivity index (χ3n) is 4.24. The van der Waals surface area contributed by atoms with Crippen molar-refractivity contribution in [2.24, 2.45) is 0 Å². The Morgan fingerprint density at radius 2 is 2.00 bits per heavy atom. The molecule has 2 aliphatic rings. The molecule has 0 spiro atoms. The highest BCUT2D eigenvalue weighted by atomic mass is 16.6. The zero-order valence-corrected chi connectivity index (χ0v) is 12.0. The Morgan fingerprint density at radius 1 is 1.33 bits per heavy atom. The first kappa shape index (κ1) is 14.0. The Labute approximate surface area is 123 Å². The van der Waals surface area contributed by atoms with Crippen LogP contribution < -0.4 is 5.32 Å². The van der Waals surface area contributed by atoms with Gasteiger partial charge in [0.15, 0.2) is 0 Å². The van der Waals surface area contributed by atoms with Gasteiger partial charge < -0.3 is 10.2 Å². The molecule has 0 radical (unpaired) electrons. The van der Waals surface area contributed by atoms with Gasteiger partial charge in [-0.15, -0.1) is 0 Å². The quantitative estimate of drug-likeness (QED) is 0.664. The minimum absolute atomic E-state index is 0.0720. The second-order valence-corrected chi connectivity index (χ2v) is 5.92. The van der Waals surface area contributed by atoms with Crippen LogP contribution in [0.15, 0.2) is 24.3 Å². The summed E-state index contributed by atoms with van der Waals surface area (Å²) in [7, 11) is 0. The van der Waals surface area contributed by atoms with Crippen molar-refractivity contribution in [3.8, 4) is 0 Å². The van der Waals surface area contributed by atoms with E-state index in [2.05, 4.69) is 5.32 Å². The predicted molar refractivity (Wildman–Crippen MR) is 77.8 cm³/mol. The predicted octanol–water partition coefficient (Wildman–Crippen LogP) is 2.01. The molecule has 2 atom stereocenters. The fourth-order valence-electron chi connectivity index (χ4n) is 2.92. The third kappa shape index (κ3) is 3.05. The van der Waals surface area contributed by atoms with Crippen molar-refractivity contribution >= 4 is 11.6 Å². The molecule has 1 aliphatic carbocycles. The normalized spacial score (nSPS) is 23.4. The Morgan fingerprint density at radius 3 is 2.57 bits per heavy atom. The average Bonchev–Trinajstić information content (AvgIpc) is 3.23. The first-order valence-electron chi connectivity index (χ1n) is 7.34. The van der Waals surface area contributed by atoms with E-state index in [-0.39, 0.29) is 23.7 Å². The highest BCUT2D eigenvalue weighted by molar-refractivity contribution is 5.80.